The third-order valence-electron chi connectivity index (χ3n) is 2.98. The summed E-state index contributed by atoms with van der Waals surface area (Å²) in [5.41, 5.74) is 0.271. The van der Waals surface area contributed by atoms with E-state index in [0.29, 0.717) is 5.75 Å². The average Bonchev–Trinajstić information content (AvgIpc) is 2.66. The van der Waals surface area contributed by atoms with Crippen molar-refractivity contribution in [2.45, 2.75) is 39.3 Å². The van der Waals surface area contributed by atoms with Gasteiger partial charge in [-0.25, -0.2) is 4.79 Å². The molecule has 3 N–H and O–H groups in total. The summed E-state index contributed by atoms with van der Waals surface area (Å²) in [6, 6.07) is 1.82. The number of nitrogens with one attached hydrogen (secondary N) is 2. The van der Waals surface area contributed by atoms with Gasteiger partial charge in [-0.05, 0) is 45.6 Å². The maximum Gasteiger partial charge on any atom is 0.315 e. The van der Waals surface area contributed by atoms with Gasteiger partial charge < -0.3 is 15.7 Å². The van der Waals surface area contributed by atoms with Crippen molar-refractivity contribution in [1.82, 2.24) is 10.6 Å². The molecular formula is C14H24N2O2S2. The summed E-state index contributed by atoms with van der Waals surface area (Å²) in [6.07, 6.45) is 1.93. The topological polar surface area (TPSA) is 61.4 Å². The molecule has 0 aliphatic carbocycles. The van der Waals surface area contributed by atoms with Crippen LogP contribution in [0.5, 0.6) is 0 Å². The first-order chi connectivity index (χ1) is 9.25. The first-order valence-corrected chi connectivity index (χ1v) is 8.79. The zero-order valence-corrected chi connectivity index (χ0v) is 14.4. The monoisotopic (exact) mass is 316 g/mol. The molecule has 0 saturated heterocycles. The standard InChI is InChI=1S/C14H24N2O2S2/c1-9-6-12(11(3)20-9)10(2)16-13(17)15-7-14(4,18)8-19-5/h6,10,18H,7-8H2,1-5H3,(H2,15,16,17). The predicted molar refractivity (Wildman–Crippen MR) is 87.7 cm³/mol. The Kier molecular flexibility index (Phi) is 6.36. The smallest absolute Gasteiger partial charge is 0.315 e. The second kappa shape index (κ2) is 7.33. The number of carbonyl (C=O) groups is 1. The van der Waals surface area contributed by atoms with Crippen LogP contribution in [0.1, 0.15) is 35.2 Å². The van der Waals surface area contributed by atoms with Crippen molar-refractivity contribution in [2.24, 2.45) is 0 Å². The molecule has 2 amide bonds. The molecule has 0 aliphatic rings. The molecule has 1 aromatic rings. The van der Waals surface area contributed by atoms with E-state index in [-0.39, 0.29) is 18.6 Å². The SMILES string of the molecule is CSCC(C)(O)CNC(=O)NC(C)c1cc(C)sc1C. The van der Waals surface area contributed by atoms with Crippen LogP contribution in [0, 0.1) is 13.8 Å². The molecule has 20 heavy (non-hydrogen) atoms. The molecule has 0 fully saturated rings. The molecule has 0 spiro atoms. The second-order valence-electron chi connectivity index (χ2n) is 5.35. The Morgan fingerprint density at radius 2 is 2.20 bits per heavy atom. The second-order valence-corrected chi connectivity index (χ2v) is 7.67. The van der Waals surface area contributed by atoms with E-state index >= 15 is 0 Å². The van der Waals surface area contributed by atoms with Crippen LogP contribution in [0.15, 0.2) is 6.07 Å². The van der Waals surface area contributed by atoms with Crippen LogP contribution in [0.2, 0.25) is 0 Å². The number of thiophene rings is 1. The molecule has 0 aliphatic heterocycles. The van der Waals surface area contributed by atoms with E-state index in [1.54, 1.807) is 30.0 Å². The van der Waals surface area contributed by atoms with Crippen molar-refractivity contribution in [2.75, 3.05) is 18.6 Å². The van der Waals surface area contributed by atoms with Crippen molar-refractivity contribution in [3.8, 4) is 0 Å². The quantitative estimate of drug-likeness (QED) is 0.756. The van der Waals surface area contributed by atoms with Crippen LogP contribution in [-0.2, 0) is 0 Å². The van der Waals surface area contributed by atoms with Crippen LogP contribution >= 0.6 is 23.1 Å². The van der Waals surface area contributed by atoms with Gasteiger partial charge >= 0.3 is 6.03 Å². The summed E-state index contributed by atoms with van der Waals surface area (Å²) >= 11 is 3.29. The summed E-state index contributed by atoms with van der Waals surface area (Å²) in [7, 11) is 0. The Balaban J connectivity index is 2.48. The fourth-order valence-corrected chi connectivity index (χ4v) is 3.78. The van der Waals surface area contributed by atoms with E-state index in [1.807, 2.05) is 13.2 Å². The molecule has 6 heteroatoms. The van der Waals surface area contributed by atoms with E-state index < -0.39 is 5.60 Å². The zero-order chi connectivity index (χ0) is 15.3. The summed E-state index contributed by atoms with van der Waals surface area (Å²) < 4.78 is 0. The molecule has 2 atom stereocenters. The van der Waals surface area contributed by atoms with Gasteiger partial charge in [-0.1, -0.05) is 0 Å². The van der Waals surface area contributed by atoms with Gasteiger partial charge in [0, 0.05) is 22.1 Å². The van der Waals surface area contributed by atoms with E-state index in [9.17, 15) is 9.90 Å². The lowest BCUT2D eigenvalue weighted by Gasteiger charge is -2.23. The van der Waals surface area contributed by atoms with Gasteiger partial charge in [-0.2, -0.15) is 11.8 Å². The van der Waals surface area contributed by atoms with E-state index in [4.69, 9.17) is 0 Å². The van der Waals surface area contributed by atoms with E-state index in [1.165, 1.54) is 9.75 Å². The van der Waals surface area contributed by atoms with Crippen LogP contribution in [0.4, 0.5) is 4.79 Å². The van der Waals surface area contributed by atoms with Gasteiger partial charge in [0.05, 0.1) is 11.6 Å². The number of rotatable bonds is 6. The molecule has 0 radical (unpaired) electrons. The van der Waals surface area contributed by atoms with Crippen LogP contribution in [0.25, 0.3) is 0 Å². The first kappa shape index (κ1) is 17.3. The lowest BCUT2D eigenvalue weighted by molar-refractivity contribution is 0.0868. The summed E-state index contributed by atoms with van der Waals surface area (Å²) in [5.74, 6) is 0.589. The normalized spacial score (nSPS) is 15.5. The first-order valence-electron chi connectivity index (χ1n) is 6.58. The third kappa shape index (κ3) is 5.34. The van der Waals surface area contributed by atoms with Crippen molar-refractivity contribution >= 4 is 29.1 Å². The number of hydrogen-bond donors (Lipinski definition) is 3. The van der Waals surface area contributed by atoms with Crippen molar-refractivity contribution < 1.29 is 9.90 Å². The molecule has 4 nitrogen and oxygen atoms in total. The Morgan fingerprint density at radius 1 is 1.55 bits per heavy atom. The van der Waals surface area contributed by atoms with Gasteiger partial charge in [0.1, 0.15) is 0 Å². The number of aliphatic hydroxyl groups is 1. The average molecular weight is 316 g/mol. The molecule has 0 saturated carbocycles. The van der Waals surface area contributed by atoms with Gasteiger partial charge in [0.2, 0.25) is 0 Å². The Bertz CT molecular complexity index is 458. The lowest BCUT2D eigenvalue weighted by atomic mass is 10.1. The Hall–Kier alpha value is -0.720. The van der Waals surface area contributed by atoms with Crippen molar-refractivity contribution in [3.05, 3.63) is 21.4 Å². The Morgan fingerprint density at radius 3 is 2.70 bits per heavy atom. The number of hydrogen-bond acceptors (Lipinski definition) is 4. The predicted octanol–water partition coefficient (Wildman–Crippen LogP) is 2.84. The molecule has 0 aromatic carbocycles. The molecular weight excluding hydrogens is 292 g/mol. The van der Waals surface area contributed by atoms with Gasteiger partial charge in [-0.15, -0.1) is 11.3 Å². The van der Waals surface area contributed by atoms with E-state index in [0.717, 1.165) is 5.56 Å². The molecule has 0 bridgehead atoms. The third-order valence-corrected chi connectivity index (χ3v) is 4.87. The number of amides is 2. The molecule has 2 unspecified atom stereocenters. The van der Waals surface area contributed by atoms with Gasteiger partial charge in [0.15, 0.2) is 0 Å². The van der Waals surface area contributed by atoms with Gasteiger partial charge in [-0.3, -0.25) is 0 Å². The molecule has 1 rings (SSSR count). The Labute approximate surface area is 129 Å². The van der Waals surface area contributed by atoms with Crippen molar-refractivity contribution in [3.63, 3.8) is 0 Å². The fourth-order valence-electron chi connectivity index (χ4n) is 2.04. The van der Waals surface area contributed by atoms with Crippen LogP contribution in [-0.4, -0.2) is 35.3 Å². The van der Waals surface area contributed by atoms with E-state index in [2.05, 4.69) is 30.5 Å². The lowest BCUT2D eigenvalue weighted by Crippen LogP contribution is -2.46. The largest absolute Gasteiger partial charge is 0.387 e. The maximum atomic E-state index is 11.9. The summed E-state index contributed by atoms with van der Waals surface area (Å²) in [6.45, 7) is 8.06. The molecule has 1 aromatic heterocycles. The highest BCUT2D eigenvalue weighted by molar-refractivity contribution is 7.98. The van der Waals surface area contributed by atoms with Crippen LogP contribution in [0.3, 0.4) is 0 Å². The summed E-state index contributed by atoms with van der Waals surface area (Å²) in [5, 5.41) is 15.6. The van der Waals surface area contributed by atoms with Crippen molar-refractivity contribution in [1.29, 1.82) is 0 Å². The number of carbonyl (C=O) groups excluding carboxylic acids is 1. The highest BCUT2D eigenvalue weighted by Gasteiger charge is 2.21. The summed E-state index contributed by atoms with van der Waals surface area (Å²) in [4.78, 5) is 14.3. The number of urea groups is 1. The minimum Gasteiger partial charge on any atom is -0.387 e. The minimum absolute atomic E-state index is 0.0366. The van der Waals surface area contributed by atoms with Crippen LogP contribution < -0.4 is 10.6 Å². The fraction of sp³-hybridized carbons (Fsp3) is 0.643. The number of thioether (sulfide) groups is 1. The molecule has 114 valence electrons. The minimum atomic E-state index is -0.880. The number of aryl methyl sites for hydroxylation is 2. The zero-order valence-electron chi connectivity index (χ0n) is 12.7. The maximum absolute atomic E-state index is 11.9. The molecule has 1 heterocycles. The highest BCUT2D eigenvalue weighted by Crippen LogP contribution is 2.25. The van der Waals surface area contributed by atoms with Gasteiger partial charge in [0.25, 0.3) is 0 Å². The highest BCUT2D eigenvalue weighted by atomic mass is 32.2.